The summed E-state index contributed by atoms with van der Waals surface area (Å²) >= 11 is 0. The lowest BCUT2D eigenvalue weighted by Crippen LogP contribution is -2.39. The third-order valence-electron chi connectivity index (χ3n) is 3.98. The average molecular weight is 268 g/mol. The smallest absolute Gasteiger partial charge is 0.410 e. The number of piperidine rings is 1. The quantitative estimate of drug-likeness (QED) is 0.764. The predicted molar refractivity (Wildman–Crippen MR) is 71.6 cm³/mol. The Morgan fingerprint density at radius 2 is 1.79 bits per heavy atom. The molecular weight excluding hydrogens is 244 g/mol. The van der Waals surface area contributed by atoms with E-state index in [0.29, 0.717) is 24.9 Å². The molecule has 0 aromatic rings. The molecule has 0 aromatic carbocycles. The summed E-state index contributed by atoms with van der Waals surface area (Å²) in [6, 6.07) is 0. The number of rotatable bonds is 2. The number of fused-ring (bicyclic) bond motifs is 1. The lowest BCUT2D eigenvalue weighted by molar-refractivity contribution is -0.132. The second-order valence-corrected chi connectivity index (χ2v) is 6.59. The summed E-state index contributed by atoms with van der Waals surface area (Å²) in [4.78, 5) is 27.4. The number of hydrogen-bond donors (Lipinski definition) is 0. The van der Waals surface area contributed by atoms with E-state index in [2.05, 4.69) is 0 Å². The summed E-state index contributed by atoms with van der Waals surface area (Å²) in [5.74, 6) is 1.04. The molecule has 5 nitrogen and oxygen atoms in total. The molecular formula is C14H24N2O3. The number of hydrogen-bond acceptors (Lipinski definition) is 3. The van der Waals surface area contributed by atoms with Gasteiger partial charge in [0.1, 0.15) is 5.60 Å². The maximum absolute atomic E-state index is 12.0. The molecule has 0 aromatic heterocycles. The second-order valence-electron chi connectivity index (χ2n) is 6.59. The molecule has 2 aliphatic rings. The van der Waals surface area contributed by atoms with Gasteiger partial charge < -0.3 is 14.5 Å². The van der Waals surface area contributed by atoms with Crippen LogP contribution in [0.2, 0.25) is 0 Å². The standard InChI is InChI=1S/C14H24N2O3/c1-6-15(5)12(17)11-9-7-16(8-10(9)11)13(18)19-14(2,3)4/h9-11H,6-8H2,1-5H3/t9-,10+,11?. The molecule has 0 radical (unpaired) electrons. The van der Waals surface area contributed by atoms with Gasteiger partial charge in [0.2, 0.25) is 5.91 Å². The molecule has 0 bridgehead atoms. The van der Waals surface area contributed by atoms with Crippen molar-refractivity contribution in [2.75, 3.05) is 26.7 Å². The summed E-state index contributed by atoms with van der Waals surface area (Å²) < 4.78 is 5.35. The van der Waals surface area contributed by atoms with Gasteiger partial charge in [-0.2, -0.15) is 0 Å². The van der Waals surface area contributed by atoms with Gasteiger partial charge in [-0.1, -0.05) is 0 Å². The van der Waals surface area contributed by atoms with Crippen LogP contribution in [-0.2, 0) is 9.53 Å². The molecule has 19 heavy (non-hydrogen) atoms. The fourth-order valence-electron chi connectivity index (χ4n) is 2.78. The summed E-state index contributed by atoms with van der Waals surface area (Å²) in [5.41, 5.74) is -0.457. The molecule has 0 N–H and O–H groups in total. The molecule has 2 amide bonds. The number of carbonyl (C=O) groups is 2. The van der Waals surface area contributed by atoms with E-state index in [1.165, 1.54) is 0 Å². The van der Waals surface area contributed by atoms with Crippen molar-refractivity contribution in [1.29, 1.82) is 0 Å². The first-order valence-corrected chi connectivity index (χ1v) is 6.97. The molecule has 1 aliphatic carbocycles. The summed E-state index contributed by atoms with van der Waals surface area (Å²) in [5, 5.41) is 0. The first kappa shape index (κ1) is 14.2. The number of ether oxygens (including phenoxy) is 1. The topological polar surface area (TPSA) is 49.9 Å². The van der Waals surface area contributed by atoms with E-state index in [0.717, 1.165) is 6.54 Å². The van der Waals surface area contributed by atoms with E-state index in [9.17, 15) is 9.59 Å². The van der Waals surface area contributed by atoms with Gasteiger partial charge in [-0.25, -0.2) is 4.79 Å². The molecule has 108 valence electrons. The number of nitrogens with zero attached hydrogens (tertiary/aromatic N) is 2. The molecule has 1 unspecified atom stereocenters. The second kappa shape index (κ2) is 4.69. The molecule has 1 heterocycles. The van der Waals surface area contributed by atoms with Crippen LogP contribution in [0, 0.1) is 17.8 Å². The predicted octanol–water partition coefficient (Wildman–Crippen LogP) is 1.58. The molecule has 1 saturated carbocycles. The lowest BCUT2D eigenvalue weighted by atomic mass is 10.2. The Hall–Kier alpha value is -1.26. The highest BCUT2D eigenvalue weighted by Gasteiger charge is 2.61. The molecule has 5 heteroatoms. The van der Waals surface area contributed by atoms with Crippen LogP contribution < -0.4 is 0 Å². The van der Waals surface area contributed by atoms with E-state index in [4.69, 9.17) is 4.74 Å². The number of carbonyl (C=O) groups excluding carboxylic acids is 2. The minimum atomic E-state index is -0.457. The van der Waals surface area contributed by atoms with E-state index in [1.807, 2.05) is 34.7 Å². The van der Waals surface area contributed by atoms with Crippen molar-refractivity contribution in [2.24, 2.45) is 17.8 Å². The maximum Gasteiger partial charge on any atom is 0.410 e. The fraction of sp³-hybridized carbons (Fsp3) is 0.857. The highest BCUT2D eigenvalue weighted by atomic mass is 16.6. The first-order chi connectivity index (χ1) is 8.74. The molecule has 1 aliphatic heterocycles. The van der Waals surface area contributed by atoms with E-state index in [1.54, 1.807) is 9.80 Å². The van der Waals surface area contributed by atoms with Crippen molar-refractivity contribution in [3.63, 3.8) is 0 Å². The Morgan fingerprint density at radius 3 is 2.21 bits per heavy atom. The summed E-state index contributed by atoms with van der Waals surface area (Å²) in [6.07, 6.45) is -0.255. The van der Waals surface area contributed by atoms with Crippen molar-refractivity contribution in [1.82, 2.24) is 9.80 Å². The van der Waals surface area contributed by atoms with Gasteiger partial charge in [-0.05, 0) is 39.5 Å². The Kier molecular flexibility index (Phi) is 3.49. The molecule has 2 fully saturated rings. The summed E-state index contributed by atoms with van der Waals surface area (Å²) in [7, 11) is 1.84. The summed E-state index contributed by atoms with van der Waals surface area (Å²) in [6.45, 7) is 9.63. The maximum atomic E-state index is 12.0. The normalized spacial score (nSPS) is 28.9. The Morgan fingerprint density at radius 1 is 1.26 bits per heavy atom. The fourth-order valence-corrected chi connectivity index (χ4v) is 2.78. The zero-order chi connectivity index (χ0) is 14.4. The van der Waals surface area contributed by atoms with E-state index >= 15 is 0 Å². The zero-order valence-corrected chi connectivity index (χ0v) is 12.5. The van der Waals surface area contributed by atoms with Gasteiger partial charge in [0.15, 0.2) is 0 Å². The third-order valence-corrected chi connectivity index (χ3v) is 3.98. The molecule has 2 rings (SSSR count). The van der Waals surface area contributed by atoms with Gasteiger partial charge >= 0.3 is 6.09 Å². The van der Waals surface area contributed by atoms with Crippen LogP contribution in [0.3, 0.4) is 0 Å². The van der Waals surface area contributed by atoms with Crippen molar-refractivity contribution >= 4 is 12.0 Å². The first-order valence-electron chi connectivity index (χ1n) is 6.97. The molecule has 3 atom stereocenters. The zero-order valence-electron chi connectivity index (χ0n) is 12.5. The number of likely N-dealkylation sites (tertiary alicyclic amines) is 1. The lowest BCUT2D eigenvalue weighted by Gasteiger charge is -2.26. The van der Waals surface area contributed by atoms with E-state index < -0.39 is 5.60 Å². The van der Waals surface area contributed by atoms with Crippen molar-refractivity contribution in [3.05, 3.63) is 0 Å². The van der Waals surface area contributed by atoms with E-state index in [-0.39, 0.29) is 17.9 Å². The van der Waals surface area contributed by atoms with Gasteiger partial charge in [0.05, 0.1) is 0 Å². The Bertz CT molecular complexity index is 377. The van der Waals surface area contributed by atoms with Gasteiger partial charge in [0.25, 0.3) is 0 Å². The highest BCUT2D eigenvalue weighted by molar-refractivity contribution is 5.83. The minimum Gasteiger partial charge on any atom is -0.444 e. The van der Waals surface area contributed by atoms with Gasteiger partial charge in [-0.3, -0.25) is 4.79 Å². The van der Waals surface area contributed by atoms with Crippen molar-refractivity contribution in [3.8, 4) is 0 Å². The van der Waals surface area contributed by atoms with Gasteiger partial charge in [0, 0.05) is 32.6 Å². The Labute approximate surface area is 114 Å². The molecule has 0 spiro atoms. The molecule has 1 saturated heterocycles. The largest absolute Gasteiger partial charge is 0.444 e. The van der Waals surface area contributed by atoms with Crippen LogP contribution in [0.1, 0.15) is 27.7 Å². The number of amides is 2. The van der Waals surface area contributed by atoms with Gasteiger partial charge in [-0.15, -0.1) is 0 Å². The minimum absolute atomic E-state index is 0.128. The monoisotopic (exact) mass is 268 g/mol. The van der Waals surface area contributed by atoms with Crippen LogP contribution in [-0.4, -0.2) is 54.1 Å². The highest BCUT2D eigenvalue weighted by Crippen LogP contribution is 2.52. The van der Waals surface area contributed by atoms with Crippen molar-refractivity contribution in [2.45, 2.75) is 33.3 Å². The van der Waals surface area contributed by atoms with Crippen LogP contribution in [0.5, 0.6) is 0 Å². The Balaban J connectivity index is 1.84. The van der Waals surface area contributed by atoms with Crippen LogP contribution in [0.25, 0.3) is 0 Å². The third kappa shape index (κ3) is 2.85. The van der Waals surface area contributed by atoms with Crippen LogP contribution >= 0.6 is 0 Å². The van der Waals surface area contributed by atoms with Crippen LogP contribution in [0.4, 0.5) is 4.79 Å². The van der Waals surface area contributed by atoms with Crippen molar-refractivity contribution < 1.29 is 14.3 Å². The SMILES string of the molecule is CCN(C)C(=O)C1[C@H]2CN(C(=O)OC(C)(C)C)C[C@@H]12. The van der Waals surface area contributed by atoms with Crippen LogP contribution in [0.15, 0.2) is 0 Å². The average Bonchev–Trinajstić information content (AvgIpc) is 2.78.